The van der Waals surface area contributed by atoms with Crippen molar-refractivity contribution < 1.29 is 9.53 Å². The van der Waals surface area contributed by atoms with Crippen molar-refractivity contribution in [3.8, 4) is 5.75 Å². The van der Waals surface area contributed by atoms with Crippen LogP contribution in [0.2, 0.25) is 0 Å². The Labute approximate surface area is 192 Å². The Bertz CT molecular complexity index is 1180. The van der Waals surface area contributed by atoms with Gasteiger partial charge in [-0.3, -0.25) is 10.2 Å². The van der Waals surface area contributed by atoms with Crippen LogP contribution in [0.5, 0.6) is 5.75 Å². The summed E-state index contributed by atoms with van der Waals surface area (Å²) in [6.45, 7) is 0.350. The molecule has 33 heavy (non-hydrogen) atoms. The van der Waals surface area contributed by atoms with E-state index in [0.717, 1.165) is 18.4 Å². The van der Waals surface area contributed by atoms with Crippen LogP contribution in [0.15, 0.2) is 67.0 Å². The summed E-state index contributed by atoms with van der Waals surface area (Å²) in [6, 6.07) is 14.7. The molecule has 0 bridgehead atoms. The summed E-state index contributed by atoms with van der Waals surface area (Å²) in [5, 5.41) is 15.0. The Morgan fingerprint density at radius 1 is 1.12 bits per heavy atom. The normalized spacial score (nSPS) is 13.0. The quantitative estimate of drug-likeness (QED) is 0.312. The zero-order valence-electron chi connectivity index (χ0n) is 18.3. The largest absolute Gasteiger partial charge is 0.496 e. The Morgan fingerprint density at radius 3 is 2.58 bits per heavy atom. The molecule has 1 amide bonds. The lowest BCUT2D eigenvalue weighted by atomic mass is 10.0. The molecule has 0 aliphatic heterocycles. The summed E-state index contributed by atoms with van der Waals surface area (Å²) in [7, 11) is 1.54. The third-order valence-electron chi connectivity index (χ3n) is 5.52. The summed E-state index contributed by atoms with van der Waals surface area (Å²) < 4.78 is 5.25. The number of carbonyl (C=O) groups is 1. The number of nitrogens with one attached hydrogen (secondary N) is 3. The molecule has 8 nitrogen and oxygen atoms in total. The van der Waals surface area contributed by atoms with E-state index in [2.05, 4.69) is 32.8 Å². The highest BCUT2D eigenvalue weighted by atomic mass is 16.5. The first-order valence-electron chi connectivity index (χ1n) is 10.7. The van der Waals surface area contributed by atoms with Gasteiger partial charge in [-0.15, -0.1) is 0 Å². The topological polar surface area (TPSA) is 126 Å². The maximum Gasteiger partial charge on any atom is 0.255 e. The number of rotatable bonds is 8. The van der Waals surface area contributed by atoms with Gasteiger partial charge in [0.1, 0.15) is 23.7 Å². The van der Waals surface area contributed by atoms with Gasteiger partial charge in [0.05, 0.1) is 23.9 Å². The first-order valence-corrected chi connectivity index (χ1v) is 10.7. The molecule has 1 aromatic heterocycles. The summed E-state index contributed by atoms with van der Waals surface area (Å²) in [6.07, 6.45) is 7.47. The number of ether oxygens (including phenoxy) is 1. The Hall–Kier alpha value is -4.20. The molecule has 0 atom stereocenters. The Balaban J connectivity index is 1.45. The van der Waals surface area contributed by atoms with Crippen LogP contribution >= 0.6 is 0 Å². The number of anilines is 2. The predicted molar refractivity (Wildman–Crippen MR) is 129 cm³/mol. The van der Waals surface area contributed by atoms with Crippen molar-refractivity contribution in [2.75, 3.05) is 18.2 Å². The van der Waals surface area contributed by atoms with Crippen molar-refractivity contribution >= 4 is 23.3 Å². The number of hydrogen-bond acceptors (Lipinski definition) is 7. The number of nitrogens with zero attached hydrogens (tertiary/aromatic N) is 2. The molecule has 0 unspecified atom stereocenters. The molecule has 5 N–H and O–H groups in total. The lowest BCUT2D eigenvalue weighted by molar-refractivity contribution is 0.0948. The van der Waals surface area contributed by atoms with Gasteiger partial charge in [0.15, 0.2) is 0 Å². The van der Waals surface area contributed by atoms with E-state index < -0.39 is 0 Å². The van der Waals surface area contributed by atoms with Crippen LogP contribution in [0.4, 0.5) is 11.6 Å². The molecule has 0 radical (unpaired) electrons. The molecule has 1 heterocycles. The van der Waals surface area contributed by atoms with Gasteiger partial charge < -0.3 is 21.1 Å². The number of aromatic nitrogens is 2. The Morgan fingerprint density at radius 2 is 1.85 bits per heavy atom. The van der Waals surface area contributed by atoms with Crippen LogP contribution in [-0.2, 0) is 6.54 Å². The lowest BCUT2D eigenvalue weighted by Gasteiger charge is -2.17. The van der Waals surface area contributed by atoms with Gasteiger partial charge in [0, 0.05) is 18.2 Å². The van der Waals surface area contributed by atoms with Gasteiger partial charge in [-0.25, -0.2) is 9.97 Å². The van der Waals surface area contributed by atoms with Crippen LogP contribution in [0.1, 0.15) is 39.9 Å². The number of amides is 1. The first-order chi connectivity index (χ1) is 16.1. The molecule has 0 fully saturated rings. The van der Waals surface area contributed by atoms with Crippen LogP contribution < -0.4 is 21.1 Å². The van der Waals surface area contributed by atoms with E-state index in [9.17, 15) is 4.79 Å². The molecule has 2 aromatic carbocycles. The minimum Gasteiger partial charge on any atom is -0.496 e. The van der Waals surface area contributed by atoms with Gasteiger partial charge in [-0.05, 0) is 30.5 Å². The van der Waals surface area contributed by atoms with Gasteiger partial charge in [-0.2, -0.15) is 0 Å². The SMILES string of the molecule is COc1ccccc1C(=O)NCc1ccc(C(=N)c2c(N)ncnc2NC2CC=CC2)cc1. The molecular weight excluding hydrogens is 416 g/mol. The number of hydrogen-bond donors (Lipinski definition) is 4. The van der Waals surface area contributed by atoms with Gasteiger partial charge in [0.25, 0.3) is 5.91 Å². The van der Waals surface area contributed by atoms with Crippen molar-refractivity contribution in [1.82, 2.24) is 15.3 Å². The van der Waals surface area contributed by atoms with Crippen LogP contribution in [-0.4, -0.2) is 34.7 Å². The molecule has 0 saturated carbocycles. The maximum atomic E-state index is 12.5. The second-order valence-corrected chi connectivity index (χ2v) is 7.72. The summed E-state index contributed by atoms with van der Waals surface area (Å²) in [5.41, 5.74) is 8.92. The maximum absolute atomic E-state index is 12.5. The highest BCUT2D eigenvalue weighted by molar-refractivity contribution is 6.16. The molecular formula is C25H26N6O2. The fraction of sp³-hybridized carbons (Fsp3) is 0.200. The smallest absolute Gasteiger partial charge is 0.255 e. The minimum atomic E-state index is -0.212. The van der Waals surface area contributed by atoms with Crippen LogP contribution in [0, 0.1) is 5.41 Å². The van der Waals surface area contributed by atoms with E-state index >= 15 is 0 Å². The number of para-hydroxylation sites is 1. The highest BCUT2D eigenvalue weighted by Gasteiger charge is 2.19. The molecule has 1 aliphatic carbocycles. The van der Waals surface area contributed by atoms with Crippen molar-refractivity contribution in [3.05, 3.63) is 89.3 Å². The van der Waals surface area contributed by atoms with Crippen molar-refractivity contribution in [2.24, 2.45) is 0 Å². The van der Waals surface area contributed by atoms with E-state index in [1.165, 1.54) is 13.4 Å². The number of methoxy groups -OCH3 is 1. The molecule has 3 aromatic rings. The molecule has 8 heteroatoms. The van der Waals surface area contributed by atoms with Crippen molar-refractivity contribution in [2.45, 2.75) is 25.4 Å². The van der Waals surface area contributed by atoms with Crippen molar-refractivity contribution in [1.29, 1.82) is 5.41 Å². The van der Waals surface area contributed by atoms with E-state index in [1.807, 2.05) is 30.3 Å². The van der Waals surface area contributed by atoms with E-state index in [1.54, 1.807) is 18.2 Å². The van der Waals surface area contributed by atoms with E-state index in [-0.39, 0.29) is 23.5 Å². The summed E-state index contributed by atoms with van der Waals surface area (Å²) in [5.74, 6) is 1.14. The number of carbonyl (C=O) groups excluding carboxylic acids is 1. The van der Waals surface area contributed by atoms with Gasteiger partial charge in [0.2, 0.25) is 0 Å². The molecule has 1 aliphatic rings. The van der Waals surface area contributed by atoms with E-state index in [0.29, 0.717) is 34.8 Å². The van der Waals surface area contributed by atoms with Gasteiger partial charge in [-0.1, -0.05) is 48.6 Å². The van der Waals surface area contributed by atoms with E-state index in [4.69, 9.17) is 15.9 Å². The average Bonchev–Trinajstić information content (AvgIpc) is 3.35. The molecule has 0 saturated heterocycles. The monoisotopic (exact) mass is 442 g/mol. The van der Waals surface area contributed by atoms with Crippen LogP contribution in [0.3, 0.4) is 0 Å². The number of benzene rings is 2. The third kappa shape index (κ3) is 5.01. The zero-order chi connectivity index (χ0) is 23.2. The van der Waals surface area contributed by atoms with Gasteiger partial charge >= 0.3 is 0 Å². The molecule has 168 valence electrons. The van der Waals surface area contributed by atoms with Crippen LogP contribution in [0.25, 0.3) is 0 Å². The standard InChI is InChI=1S/C25H26N6O2/c1-33-20-9-5-4-8-19(20)25(32)28-14-16-10-12-17(13-11-16)22(26)21-23(27)29-15-30-24(21)31-18-6-2-3-7-18/h2-5,8-13,15,18,26H,6-7,14H2,1H3,(H,28,32)(H3,27,29,30,31). The minimum absolute atomic E-state index is 0.212. The first kappa shape index (κ1) is 22.0. The second-order valence-electron chi connectivity index (χ2n) is 7.72. The second kappa shape index (κ2) is 9.95. The fourth-order valence-corrected chi connectivity index (χ4v) is 3.73. The average molecular weight is 443 g/mol. The predicted octanol–water partition coefficient (Wildman–Crippen LogP) is 3.54. The zero-order valence-corrected chi connectivity index (χ0v) is 18.3. The third-order valence-corrected chi connectivity index (χ3v) is 5.52. The molecule has 0 spiro atoms. The number of nitrogen functional groups attached to an aromatic ring is 1. The summed E-state index contributed by atoms with van der Waals surface area (Å²) >= 11 is 0. The van der Waals surface area contributed by atoms with Crippen molar-refractivity contribution in [3.63, 3.8) is 0 Å². The summed E-state index contributed by atoms with van der Waals surface area (Å²) in [4.78, 5) is 20.9. The molecule has 4 rings (SSSR count). The highest BCUT2D eigenvalue weighted by Crippen LogP contribution is 2.25. The fourth-order valence-electron chi connectivity index (χ4n) is 3.73. The number of nitrogens with two attached hydrogens (primary N) is 1. The lowest BCUT2D eigenvalue weighted by Crippen LogP contribution is -2.23. The Kier molecular flexibility index (Phi) is 6.64.